The molecule has 39 heavy (non-hydrogen) atoms. The maximum atomic E-state index is 12.7. The number of hydrogen-bond donors (Lipinski definition) is 3. The molecule has 0 saturated carbocycles. The lowest BCUT2D eigenvalue weighted by molar-refractivity contribution is 0.102. The van der Waals surface area contributed by atoms with Crippen molar-refractivity contribution in [3.05, 3.63) is 124 Å². The number of aromatic hydroxyl groups is 1. The maximum absolute atomic E-state index is 12.7. The molecule has 0 saturated heterocycles. The second-order valence-corrected chi connectivity index (χ2v) is 9.30. The molecule has 1 heterocycles. The molecule has 1 amide bonds. The first kappa shape index (κ1) is 25.6. The lowest BCUT2D eigenvalue weighted by Gasteiger charge is -2.14. The van der Waals surface area contributed by atoms with Crippen LogP contribution in [0.2, 0.25) is 5.02 Å². The summed E-state index contributed by atoms with van der Waals surface area (Å²) in [7, 11) is 0. The number of aryl methyl sites for hydroxylation is 1. The van der Waals surface area contributed by atoms with E-state index in [0.717, 1.165) is 16.8 Å². The van der Waals surface area contributed by atoms with E-state index in [0.29, 0.717) is 28.2 Å². The zero-order valence-electron chi connectivity index (χ0n) is 21.0. The van der Waals surface area contributed by atoms with Crippen LogP contribution in [0.25, 0.3) is 16.8 Å². The highest BCUT2D eigenvalue weighted by Gasteiger charge is 2.18. The topological polar surface area (TPSA) is 103 Å². The minimum atomic E-state index is -0.370. The Balaban J connectivity index is 1.44. The molecule has 7 nitrogen and oxygen atoms in total. The summed E-state index contributed by atoms with van der Waals surface area (Å²) in [5, 5.41) is 31.1. The molecular formula is C31H24ClN5O2. The normalized spacial score (nSPS) is 10.6. The fourth-order valence-electron chi connectivity index (χ4n) is 4.28. The number of phenolic OH excluding ortho intramolecular Hbond substituents is 1. The Kier molecular flexibility index (Phi) is 7.30. The van der Waals surface area contributed by atoms with Crippen molar-refractivity contribution < 1.29 is 9.90 Å². The Hall–Kier alpha value is -5.06. The highest BCUT2D eigenvalue weighted by Crippen LogP contribution is 2.34. The number of hydrogen-bond acceptors (Lipinski definition) is 5. The lowest BCUT2D eigenvalue weighted by atomic mass is 10.1. The van der Waals surface area contributed by atoms with E-state index in [2.05, 4.69) is 21.8 Å². The van der Waals surface area contributed by atoms with Crippen LogP contribution in [0.3, 0.4) is 0 Å². The predicted octanol–water partition coefficient (Wildman–Crippen LogP) is 6.94. The summed E-state index contributed by atoms with van der Waals surface area (Å²) in [6.45, 7) is 2.04. The molecule has 192 valence electrons. The summed E-state index contributed by atoms with van der Waals surface area (Å²) in [6.07, 6.45) is 0. The average Bonchev–Trinajstić information content (AvgIpc) is 3.30. The van der Waals surface area contributed by atoms with Crippen molar-refractivity contribution in [3.8, 4) is 28.6 Å². The first-order valence-corrected chi connectivity index (χ1v) is 12.6. The smallest absolute Gasteiger partial charge is 0.255 e. The van der Waals surface area contributed by atoms with Crippen molar-refractivity contribution in [1.29, 1.82) is 5.26 Å². The van der Waals surface area contributed by atoms with Crippen molar-refractivity contribution in [2.24, 2.45) is 0 Å². The molecule has 4 aromatic carbocycles. The Bertz CT molecular complexity index is 1690. The van der Waals surface area contributed by atoms with Crippen LogP contribution in [0.5, 0.6) is 5.75 Å². The highest BCUT2D eigenvalue weighted by atomic mass is 35.5. The van der Waals surface area contributed by atoms with Crippen LogP contribution in [0.4, 0.5) is 11.5 Å². The van der Waals surface area contributed by atoms with Gasteiger partial charge < -0.3 is 15.7 Å². The van der Waals surface area contributed by atoms with Crippen LogP contribution in [0.15, 0.2) is 97.1 Å². The van der Waals surface area contributed by atoms with E-state index in [1.807, 2.05) is 60.7 Å². The van der Waals surface area contributed by atoms with Gasteiger partial charge in [0.05, 0.1) is 22.1 Å². The van der Waals surface area contributed by atoms with Gasteiger partial charge in [-0.05, 0) is 60.0 Å². The maximum Gasteiger partial charge on any atom is 0.255 e. The molecular weight excluding hydrogens is 510 g/mol. The molecule has 1 aromatic heterocycles. The molecule has 0 aliphatic rings. The Labute approximate surface area is 230 Å². The summed E-state index contributed by atoms with van der Waals surface area (Å²) in [4.78, 5) is 12.7. The number of aromatic nitrogens is 2. The van der Waals surface area contributed by atoms with Crippen molar-refractivity contribution in [2.45, 2.75) is 13.5 Å². The van der Waals surface area contributed by atoms with Gasteiger partial charge in [0.2, 0.25) is 0 Å². The summed E-state index contributed by atoms with van der Waals surface area (Å²) in [5.41, 5.74) is 5.22. The number of rotatable bonds is 7. The zero-order valence-corrected chi connectivity index (χ0v) is 21.8. The van der Waals surface area contributed by atoms with Crippen molar-refractivity contribution >= 4 is 29.0 Å². The minimum Gasteiger partial charge on any atom is -0.504 e. The van der Waals surface area contributed by atoms with Crippen LogP contribution < -0.4 is 10.6 Å². The number of halogens is 1. The molecule has 0 spiro atoms. The molecule has 5 aromatic rings. The molecule has 0 aliphatic heterocycles. The SMILES string of the molecule is Cc1nn(-c2cccc(-c3ccccc3)c2)c(NCc2cc(Cl)c(O)c(NC(=O)c3ccccc3)c2)c1C#N. The van der Waals surface area contributed by atoms with Gasteiger partial charge in [0.15, 0.2) is 5.75 Å². The number of nitriles is 1. The number of nitrogens with zero attached hydrogens (tertiary/aromatic N) is 3. The van der Waals surface area contributed by atoms with Crippen LogP contribution in [0.1, 0.15) is 27.2 Å². The summed E-state index contributed by atoms with van der Waals surface area (Å²) >= 11 is 6.30. The fourth-order valence-corrected chi connectivity index (χ4v) is 4.52. The fraction of sp³-hybridized carbons (Fsp3) is 0.0645. The van der Waals surface area contributed by atoms with E-state index in [-0.39, 0.29) is 28.9 Å². The van der Waals surface area contributed by atoms with Crippen LogP contribution in [-0.4, -0.2) is 20.8 Å². The van der Waals surface area contributed by atoms with Gasteiger partial charge in [-0.15, -0.1) is 0 Å². The monoisotopic (exact) mass is 533 g/mol. The first-order chi connectivity index (χ1) is 18.9. The lowest BCUT2D eigenvalue weighted by Crippen LogP contribution is -2.13. The number of benzene rings is 4. The number of anilines is 2. The molecule has 0 unspecified atom stereocenters. The Morgan fingerprint density at radius 3 is 2.38 bits per heavy atom. The van der Waals surface area contributed by atoms with Gasteiger partial charge in [0, 0.05) is 12.1 Å². The van der Waals surface area contributed by atoms with Gasteiger partial charge in [-0.3, -0.25) is 4.79 Å². The number of carbonyl (C=O) groups excluding carboxylic acids is 1. The quantitative estimate of drug-likeness (QED) is 0.197. The molecule has 0 atom stereocenters. The largest absolute Gasteiger partial charge is 0.504 e. The Morgan fingerprint density at radius 1 is 0.974 bits per heavy atom. The second kappa shape index (κ2) is 11.1. The van der Waals surface area contributed by atoms with Crippen LogP contribution in [0, 0.1) is 18.3 Å². The molecule has 0 aliphatic carbocycles. The standard InChI is InChI=1S/C31H24ClN5O2/c1-20-26(18-33)30(37(36-20)25-14-8-13-24(17-25)22-9-4-2-5-10-22)34-19-21-15-27(32)29(38)28(16-21)35-31(39)23-11-6-3-7-12-23/h2-17,34,38H,19H2,1H3,(H,35,39). The molecule has 8 heteroatoms. The third kappa shape index (κ3) is 5.47. The van der Waals surface area contributed by atoms with Crippen LogP contribution >= 0.6 is 11.6 Å². The van der Waals surface area contributed by atoms with Gasteiger partial charge in [-0.1, -0.05) is 72.3 Å². The molecule has 5 rings (SSSR count). The number of amides is 1. The second-order valence-electron chi connectivity index (χ2n) is 8.90. The van der Waals surface area contributed by atoms with Crippen molar-refractivity contribution in [3.63, 3.8) is 0 Å². The van der Waals surface area contributed by atoms with Crippen LogP contribution in [-0.2, 0) is 6.54 Å². The first-order valence-electron chi connectivity index (χ1n) is 12.2. The Morgan fingerprint density at radius 2 is 1.67 bits per heavy atom. The predicted molar refractivity (Wildman–Crippen MR) is 153 cm³/mol. The van der Waals surface area contributed by atoms with Gasteiger partial charge in [-0.25, -0.2) is 4.68 Å². The molecule has 3 N–H and O–H groups in total. The number of phenols is 1. The van der Waals surface area contributed by atoms with Gasteiger partial charge in [0.1, 0.15) is 17.5 Å². The van der Waals surface area contributed by atoms with E-state index >= 15 is 0 Å². The van der Waals surface area contributed by atoms with E-state index in [1.165, 1.54) is 0 Å². The third-order valence-electron chi connectivity index (χ3n) is 6.24. The van der Waals surface area contributed by atoms with E-state index in [4.69, 9.17) is 11.6 Å². The number of carbonyl (C=O) groups is 1. The summed E-state index contributed by atoms with van der Waals surface area (Å²) < 4.78 is 1.71. The van der Waals surface area contributed by atoms with Crippen molar-refractivity contribution in [2.75, 3.05) is 10.6 Å². The number of nitrogens with one attached hydrogen (secondary N) is 2. The van der Waals surface area contributed by atoms with E-state index in [9.17, 15) is 15.2 Å². The third-order valence-corrected chi connectivity index (χ3v) is 6.53. The molecule has 0 radical (unpaired) electrons. The zero-order chi connectivity index (χ0) is 27.4. The van der Waals surface area contributed by atoms with Gasteiger partial charge in [-0.2, -0.15) is 10.4 Å². The molecule has 0 bridgehead atoms. The van der Waals surface area contributed by atoms with Crippen molar-refractivity contribution in [1.82, 2.24) is 9.78 Å². The summed E-state index contributed by atoms with van der Waals surface area (Å²) in [6, 6.07) is 32.1. The van der Waals surface area contributed by atoms with E-state index in [1.54, 1.807) is 48.0 Å². The minimum absolute atomic E-state index is 0.0958. The summed E-state index contributed by atoms with van der Waals surface area (Å²) in [5.74, 6) is -0.0638. The van der Waals surface area contributed by atoms with Gasteiger partial charge >= 0.3 is 0 Å². The van der Waals surface area contributed by atoms with E-state index < -0.39 is 0 Å². The molecule has 0 fully saturated rings. The average molecular weight is 534 g/mol. The highest BCUT2D eigenvalue weighted by molar-refractivity contribution is 6.32. The van der Waals surface area contributed by atoms with Gasteiger partial charge in [0.25, 0.3) is 5.91 Å².